The minimum absolute atomic E-state index is 0.00806. The van der Waals surface area contributed by atoms with Crippen LogP contribution in [0.5, 0.6) is 0 Å². The molecule has 102 valence electrons. The van der Waals surface area contributed by atoms with Crippen molar-refractivity contribution in [2.24, 2.45) is 0 Å². The number of methoxy groups -OCH3 is 2. The van der Waals surface area contributed by atoms with E-state index in [1.165, 1.54) is 18.2 Å². The van der Waals surface area contributed by atoms with Gasteiger partial charge in [0.05, 0.1) is 19.8 Å². The largest absolute Gasteiger partial charge is 0.478 e. The lowest BCUT2D eigenvalue weighted by molar-refractivity contribution is -0.154. The molecule has 19 heavy (non-hydrogen) atoms. The first kappa shape index (κ1) is 15.2. The van der Waals surface area contributed by atoms with Gasteiger partial charge in [-0.2, -0.15) is 0 Å². The van der Waals surface area contributed by atoms with Crippen molar-refractivity contribution < 1.29 is 29.0 Å². The van der Waals surface area contributed by atoms with Gasteiger partial charge < -0.3 is 14.6 Å². The molecule has 1 rings (SSSR count). The highest BCUT2D eigenvalue weighted by molar-refractivity contribution is 9.10. The Labute approximate surface area is 117 Å². The molecule has 0 heterocycles. The van der Waals surface area contributed by atoms with E-state index in [-0.39, 0.29) is 11.1 Å². The summed E-state index contributed by atoms with van der Waals surface area (Å²) < 4.78 is 9.37. The van der Waals surface area contributed by atoms with E-state index in [1.54, 1.807) is 0 Å². The molecule has 0 aliphatic heterocycles. The Kier molecular flexibility index (Phi) is 5.05. The Morgan fingerprint density at radius 2 is 1.68 bits per heavy atom. The number of halogens is 1. The molecule has 0 fully saturated rings. The molecule has 0 saturated heterocycles. The number of hydrogen-bond acceptors (Lipinski definition) is 5. The van der Waals surface area contributed by atoms with Gasteiger partial charge in [0, 0.05) is 10.0 Å². The molecule has 0 atom stereocenters. The molecule has 0 bridgehead atoms. The highest BCUT2D eigenvalue weighted by Crippen LogP contribution is 2.30. The summed E-state index contributed by atoms with van der Waals surface area (Å²) in [6.45, 7) is 0. The zero-order valence-corrected chi connectivity index (χ0v) is 11.8. The molecule has 1 aromatic carbocycles. The fourth-order valence-corrected chi connectivity index (χ4v) is 2.18. The predicted octanol–water partition coefficient (Wildman–Crippen LogP) is 1.58. The third-order valence-corrected chi connectivity index (χ3v) is 3.14. The van der Waals surface area contributed by atoms with E-state index in [0.29, 0.717) is 4.47 Å². The molecule has 0 amide bonds. The maximum Gasteiger partial charge on any atom is 0.336 e. The average Bonchev–Trinajstić information content (AvgIpc) is 2.39. The number of carboxylic acids is 1. The molecular formula is C12H11BrO6. The molecule has 0 saturated carbocycles. The minimum Gasteiger partial charge on any atom is -0.478 e. The van der Waals surface area contributed by atoms with Gasteiger partial charge in [-0.05, 0) is 12.1 Å². The molecule has 0 spiro atoms. The van der Waals surface area contributed by atoms with Gasteiger partial charge in [0.2, 0.25) is 0 Å². The lowest BCUT2D eigenvalue weighted by Crippen LogP contribution is -2.26. The normalized spacial score (nSPS) is 10.1. The second kappa shape index (κ2) is 6.33. The summed E-state index contributed by atoms with van der Waals surface area (Å²) in [6.07, 6.45) is 0. The fraction of sp³-hybridized carbons (Fsp3) is 0.250. The number of benzene rings is 1. The Bertz CT molecular complexity index is 509. The zero-order valence-electron chi connectivity index (χ0n) is 10.2. The van der Waals surface area contributed by atoms with Gasteiger partial charge in [-0.3, -0.25) is 9.59 Å². The Hall–Kier alpha value is -1.89. The molecule has 0 radical (unpaired) electrons. The smallest absolute Gasteiger partial charge is 0.336 e. The Morgan fingerprint density at radius 1 is 1.16 bits per heavy atom. The number of ether oxygens (including phenoxy) is 2. The number of hydrogen-bond donors (Lipinski definition) is 1. The van der Waals surface area contributed by atoms with Crippen molar-refractivity contribution in [3.63, 3.8) is 0 Å². The number of carboxylic acid groups (broad SMARTS) is 1. The third kappa shape index (κ3) is 3.11. The van der Waals surface area contributed by atoms with Crippen LogP contribution in [0.25, 0.3) is 0 Å². The number of carbonyl (C=O) groups is 3. The van der Waals surface area contributed by atoms with Gasteiger partial charge in [-0.25, -0.2) is 4.79 Å². The predicted molar refractivity (Wildman–Crippen MR) is 67.9 cm³/mol. The second-order valence-corrected chi connectivity index (χ2v) is 4.34. The summed E-state index contributed by atoms with van der Waals surface area (Å²) >= 11 is 3.13. The molecule has 0 aromatic heterocycles. The van der Waals surface area contributed by atoms with Gasteiger partial charge >= 0.3 is 17.9 Å². The van der Waals surface area contributed by atoms with Crippen molar-refractivity contribution in [3.8, 4) is 0 Å². The lowest BCUT2D eigenvalue weighted by atomic mass is 9.94. The summed E-state index contributed by atoms with van der Waals surface area (Å²) in [4.78, 5) is 34.6. The number of esters is 2. The lowest BCUT2D eigenvalue weighted by Gasteiger charge is -2.16. The van der Waals surface area contributed by atoms with Crippen molar-refractivity contribution in [3.05, 3.63) is 33.8 Å². The maximum absolute atomic E-state index is 11.7. The topological polar surface area (TPSA) is 89.9 Å². The number of carbonyl (C=O) groups excluding carboxylic acids is 2. The first-order valence-corrected chi connectivity index (χ1v) is 5.90. The monoisotopic (exact) mass is 330 g/mol. The first-order valence-electron chi connectivity index (χ1n) is 5.11. The summed E-state index contributed by atoms with van der Waals surface area (Å²) in [5.74, 6) is -4.48. The van der Waals surface area contributed by atoms with Crippen LogP contribution in [0.2, 0.25) is 0 Å². The number of aromatic carboxylic acids is 1. The molecule has 1 N–H and O–H groups in total. The van der Waals surface area contributed by atoms with Crippen LogP contribution in [0.4, 0.5) is 0 Å². The molecular weight excluding hydrogens is 320 g/mol. The van der Waals surface area contributed by atoms with Crippen molar-refractivity contribution in [1.82, 2.24) is 0 Å². The van der Waals surface area contributed by atoms with Gasteiger partial charge in [-0.1, -0.05) is 22.0 Å². The van der Waals surface area contributed by atoms with Gasteiger partial charge in [-0.15, -0.1) is 0 Å². The summed E-state index contributed by atoms with van der Waals surface area (Å²) in [7, 11) is 2.21. The molecule has 1 aromatic rings. The quantitative estimate of drug-likeness (QED) is 0.665. The minimum atomic E-state index is -1.45. The summed E-state index contributed by atoms with van der Waals surface area (Å²) in [5.41, 5.74) is -0.163. The molecule has 6 nitrogen and oxygen atoms in total. The molecule has 0 unspecified atom stereocenters. The van der Waals surface area contributed by atoms with Crippen LogP contribution in [-0.4, -0.2) is 37.2 Å². The van der Waals surface area contributed by atoms with Crippen LogP contribution in [0, 0.1) is 0 Å². The van der Waals surface area contributed by atoms with E-state index in [9.17, 15) is 14.4 Å². The van der Waals surface area contributed by atoms with Crippen LogP contribution in [-0.2, 0) is 19.1 Å². The maximum atomic E-state index is 11.7. The Balaban J connectivity index is 3.49. The summed E-state index contributed by atoms with van der Waals surface area (Å²) in [5, 5.41) is 9.12. The van der Waals surface area contributed by atoms with E-state index >= 15 is 0 Å². The van der Waals surface area contributed by atoms with Crippen molar-refractivity contribution >= 4 is 33.8 Å². The van der Waals surface area contributed by atoms with Gasteiger partial charge in [0.15, 0.2) is 5.92 Å². The van der Waals surface area contributed by atoms with Crippen LogP contribution in [0.15, 0.2) is 22.7 Å². The van der Waals surface area contributed by atoms with Crippen molar-refractivity contribution in [2.75, 3.05) is 14.2 Å². The van der Waals surface area contributed by atoms with Crippen LogP contribution < -0.4 is 0 Å². The highest BCUT2D eigenvalue weighted by atomic mass is 79.9. The first-order chi connectivity index (χ1) is 8.93. The van der Waals surface area contributed by atoms with Crippen LogP contribution >= 0.6 is 15.9 Å². The van der Waals surface area contributed by atoms with E-state index < -0.39 is 23.8 Å². The summed E-state index contributed by atoms with van der Waals surface area (Å²) in [6, 6.07) is 4.31. The van der Waals surface area contributed by atoms with Crippen molar-refractivity contribution in [2.45, 2.75) is 5.92 Å². The van der Waals surface area contributed by atoms with Crippen LogP contribution in [0.3, 0.4) is 0 Å². The van der Waals surface area contributed by atoms with E-state index in [0.717, 1.165) is 14.2 Å². The number of rotatable bonds is 4. The fourth-order valence-electron chi connectivity index (χ4n) is 1.58. The van der Waals surface area contributed by atoms with E-state index in [1.807, 2.05) is 0 Å². The second-order valence-electron chi connectivity index (χ2n) is 3.49. The average molecular weight is 331 g/mol. The van der Waals surface area contributed by atoms with Gasteiger partial charge in [0.1, 0.15) is 0 Å². The standard InChI is InChI=1S/C12H11BrO6/c1-18-11(16)9(12(17)19-2)8-6(10(14)15)4-3-5-7(8)13/h3-5,9H,1-2H3,(H,14,15). The highest BCUT2D eigenvalue weighted by Gasteiger charge is 2.35. The SMILES string of the molecule is COC(=O)C(C(=O)OC)c1c(Br)cccc1C(=O)O. The van der Waals surface area contributed by atoms with Crippen LogP contribution in [0.1, 0.15) is 21.8 Å². The zero-order chi connectivity index (χ0) is 14.6. The molecule has 0 aliphatic rings. The molecule has 7 heteroatoms. The van der Waals surface area contributed by atoms with E-state index in [4.69, 9.17) is 5.11 Å². The third-order valence-electron chi connectivity index (χ3n) is 2.45. The molecule has 0 aliphatic carbocycles. The van der Waals surface area contributed by atoms with E-state index in [2.05, 4.69) is 25.4 Å². The Morgan fingerprint density at radius 3 is 2.11 bits per heavy atom. The van der Waals surface area contributed by atoms with Crippen molar-refractivity contribution in [1.29, 1.82) is 0 Å². The van der Waals surface area contributed by atoms with Gasteiger partial charge in [0.25, 0.3) is 0 Å².